The Labute approximate surface area is 130 Å². The monoisotopic (exact) mass is 299 g/mol. The fraction of sp³-hybridized carbons (Fsp3) is 0.500. The van der Waals surface area contributed by atoms with Crippen molar-refractivity contribution in [2.45, 2.75) is 45.1 Å². The summed E-state index contributed by atoms with van der Waals surface area (Å²) in [5.41, 5.74) is 2.33. The van der Waals surface area contributed by atoms with Crippen LogP contribution in [0.3, 0.4) is 0 Å². The second-order valence-electron chi connectivity index (χ2n) is 5.84. The van der Waals surface area contributed by atoms with Crippen LogP contribution in [0.5, 0.6) is 0 Å². The van der Waals surface area contributed by atoms with Gasteiger partial charge in [0, 0.05) is 12.7 Å². The molecular weight excluding hydrogens is 278 g/mol. The predicted octanol–water partition coefficient (Wildman–Crippen LogP) is 2.76. The lowest BCUT2D eigenvalue weighted by molar-refractivity contribution is 0.0992. The van der Waals surface area contributed by atoms with Gasteiger partial charge in [-0.3, -0.25) is 9.48 Å². The minimum Gasteiger partial charge on any atom is -0.310 e. The van der Waals surface area contributed by atoms with Crippen molar-refractivity contribution in [3.05, 3.63) is 35.9 Å². The van der Waals surface area contributed by atoms with E-state index in [2.05, 4.69) is 15.3 Å². The van der Waals surface area contributed by atoms with Crippen LogP contribution in [0, 0.1) is 6.92 Å². The number of rotatable bonds is 3. The molecule has 2 heterocycles. The van der Waals surface area contributed by atoms with Crippen molar-refractivity contribution in [2.24, 2.45) is 0 Å². The molecule has 0 bridgehead atoms. The number of anilines is 1. The molecule has 3 rings (SSSR count). The molecule has 0 N–H and O–H groups in total. The zero-order valence-electron chi connectivity index (χ0n) is 13.1. The van der Waals surface area contributed by atoms with E-state index in [1.807, 2.05) is 11.6 Å². The second-order valence-corrected chi connectivity index (χ2v) is 5.84. The van der Waals surface area contributed by atoms with Crippen LogP contribution < -0.4 is 4.90 Å². The fourth-order valence-corrected chi connectivity index (χ4v) is 3.11. The maximum atomic E-state index is 12.7. The molecule has 1 saturated carbocycles. The number of aromatic nitrogens is 4. The van der Waals surface area contributed by atoms with Gasteiger partial charge in [0.1, 0.15) is 0 Å². The van der Waals surface area contributed by atoms with Crippen LogP contribution >= 0.6 is 0 Å². The molecule has 1 amide bonds. The van der Waals surface area contributed by atoms with Crippen molar-refractivity contribution in [2.75, 3.05) is 11.9 Å². The van der Waals surface area contributed by atoms with Gasteiger partial charge >= 0.3 is 0 Å². The van der Waals surface area contributed by atoms with Crippen LogP contribution in [0.25, 0.3) is 0 Å². The molecule has 0 atom stereocenters. The second kappa shape index (κ2) is 6.25. The predicted molar refractivity (Wildman–Crippen MR) is 83.9 cm³/mol. The summed E-state index contributed by atoms with van der Waals surface area (Å²) in [6.45, 7) is 1.98. The SMILES string of the molecule is Cc1c(C(=O)N(C)c2ccnnc2)cnn1C1CCCCC1. The summed E-state index contributed by atoms with van der Waals surface area (Å²) >= 11 is 0. The van der Waals surface area contributed by atoms with E-state index in [0.29, 0.717) is 11.6 Å². The zero-order valence-corrected chi connectivity index (χ0v) is 13.1. The third kappa shape index (κ3) is 2.73. The van der Waals surface area contributed by atoms with Crippen molar-refractivity contribution in [1.82, 2.24) is 20.0 Å². The molecular formula is C16H21N5O. The first-order chi connectivity index (χ1) is 10.7. The Morgan fingerprint density at radius 2 is 2.00 bits per heavy atom. The fourth-order valence-electron chi connectivity index (χ4n) is 3.11. The first kappa shape index (κ1) is 14.7. The molecule has 2 aromatic rings. The molecule has 0 spiro atoms. The highest BCUT2D eigenvalue weighted by molar-refractivity contribution is 6.06. The van der Waals surface area contributed by atoms with Crippen molar-refractivity contribution < 1.29 is 4.79 Å². The highest BCUT2D eigenvalue weighted by atomic mass is 16.2. The van der Waals surface area contributed by atoms with Crippen LogP contribution in [0.4, 0.5) is 5.69 Å². The van der Waals surface area contributed by atoms with Crippen molar-refractivity contribution in [3.63, 3.8) is 0 Å². The van der Waals surface area contributed by atoms with Crippen LogP contribution in [0.1, 0.15) is 54.2 Å². The van der Waals surface area contributed by atoms with E-state index < -0.39 is 0 Å². The minimum absolute atomic E-state index is 0.0624. The van der Waals surface area contributed by atoms with Crippen LogP contribution in [-0.2, 0) is 0 Å². The summed E-state index contributed by atoms with van der Waals surface area (Å²) in [7, 11) is 1.75. The topological polar surface area (TPSA) is 63.9 Å². The number of carbonyl (C=O) groups is 1. The molecule has 0 radical (unpaired) electrons. The smallest absolute Gasteiger partial charge is 0.261 e. The van der Waals surface area contributed by atoms with Gasteiger partial charge < -0.3 is 4.90 Å². The molecule has 22 heavy (non-hydrogen) atoms. The summed E-state index contributed by atoms with van der Waals surface area (Å²) in [6, 6.07) is 2.20. The number of hydrogen-bond acceptors (Lipinski definition) is 4. The largest absolute Gasteiger partial charge is 0.310 e. The molecule has 0 saturated heterocycles. The quantitative estimate of drug-likeness (QED) is 0.874. The van der Waals surface area contributed by atoms with Gasteiger partial charge in [0.2, 0.25) is 0 Å². The molecule has 116 valence electrons. The van der Waals surface area contributed by atoms with E-state index in [9.17, 15) is 4.79 Å². The Morgan fingerprint density at radius 1 is 1.23 bits per heavy atom. The number of carbonyl (C=O) groups excluding carboxylic acids is 1. The highest BCUT2D eigenvalue weighted by Crippen LogP contribution is 2.29. The van der Waals surface area contributed by atoms with Gasteiger partial charge in [0.05, 0.1) is 35.9 Å². The first-order valence-electron chi connectivity index (χ1n) is 7.77. The Hall–Kier alpha value is -2.24. The lowest BCUT2D eigenvalue weighted by Crippen LogP contribution is -2.27. The molecule has 0 unspecified atom stereocenters. The van der Waals surface area contributed by atoms with Gasteiger partial charge in [0.15, 0.2) is 0 Å². The molecule has 6 heteroatoms. The lowest BCUT2D eigenvalue weighted by Gasteiger charge is -2.23. The molecule has 1 aliphatic rings. The van der Waals surface area contributed by atoms with Gasteiger partial charge in [-0.15, -0.1) is 0 Å². The maximum absolute atomic E-state index is 12.7. The van der Waals surface area contributed by atoms with Crippen molar-refractivity contribution in [1.29, 1.82) is 0 Å². The molecule has 1 aliphatic carbocycles. The Bertz CT molecular complexity index is 646. The average Bonchev–Trinajstić information content (AvgIpc) is 2.96. The third-order valence-corrected chi connectivity index (χ3v) is 4.46. The molecule has 0 aromatic carbocycles. The molecule has 1 fully saturated rings. The van der Waals surface area contributed by atoms with Crippen molar-refractivity contribution >= 4 is 11.6 Å². The van der Waals surface area contributed by atoms with E-state index in [0.717, 1.165) is 24.2 Å². The molecule has 6 nitrogen and oxygen atoms in total. The van der Waals surface area contributed by atoms with Crippen LogP contribution in [0.15, 0.2) is 24.7 Å². The van der Waals surface area contributed by atoms with Crippen molar-refractivity contribution in [3.8, 4) is 0 Å². The van der Waals surface area contributed by atoms with Gasteiger partial charge in [-0.25, -0.2) is 0 Å². The van der Waals surface area contributed by atoms with E-state index >= 15 is 0 Å². The van der Waals surface area contributed by atoms with E-state index in [-0.39, 0.29) is 5.91 Å². The Morgan fingerprint density at radius 3 is 2.68 bits per heavy atom. The average molecular weight is 299 g/mol. The maximum Gasteiger partial charge on any atom is 0.261 e. The summed E-state index contributed by atoms with van der Waals surface area (Å²) in [5, 5.41) is 12.0. The third-order valence-electron chi connectivity index (χ3n) is 4.46. The van der Waals surface area contributed by atoms with Gasteiger partial charge in [-0.1, -0.05) is 19.3 Å². The normalized spacial score (nSPS) is 15.7. The molecule has 2 aromatic heterocycles. The Balaban J connectivity index is 1.83. The standard InChI is InChI=1S/C16H21N5O/c1-12-15(11-19-21(12)13-6-4-3-5-7-13)16(22)20(2)14-8-9-17-18-10-14/h8-11,13H,3-7H2,1-2H3. The van der Waals surface area contributed by atoms with Gasteiger partial charge in [-0.05, 0) is 25.8 Å². The minimum atomic E-state index is -0.0624. The summed E-state index contributed by atoms with van der Waals surface area (Å²) in [5.74, 6) is -0.0624. The summed E-state index contributed by atoms with van der Waals surface area (Å²) in [4.78, 5) is 14.3. The summed E-state index contributed by atoms with van der Waals surface area (Å²) < 4.78 is 2.03. The van der Waals surface area contributed by atoms with Gasteiger partial charge in [-0.2, -0.15) is 15.3 Å². The van der Waals surface area contributed by atoms with Gasteiger partial charge in [0.25, 0.3) is 5.91 Å². The number of hydrogen-bond donors (Lipinski definition) is 0. The highest BCUT2D eigenvalue weighted by Gasteiger charge is 2.23. The lowest BCUT2D eigenvalue weighted by atomic mass is 9.95. The molecule has 0 aliphatic heterocycles. The number of amides is 1. The van der Waals surface area contributed by atoms with E-state index in [4.69, 9.17) is 0 Å². The summed E-state index contributed by atoms with van der Waals surface area (Å²) in [6.07, 6.45) is 11.0. The van der Waals surface area contributed by atoms with Crippen LogP contribution in [0.2, 0.25) is 0 Å². The first-order valence-corrected chi connectivity index (χ1v) is 7.77. The number of nitrogens with zero attached hydrogens (tertiary/aromatic N) is 5. The van der Waals surface area contributed by atoms with Crippen LogP contribution in [-0.4, -0.2) is 32.9 Å². The van der Waals surface area contributed by atoms with E-state index in [1.54, 1.807) is 36.6 Å². The van der Waals surface area contributed by atoms with E-state index in [1.165, 1.54) is 19.3 Å². The zero-order chi connectivity index (χ0) is 15.5. The Kier molecular flexibility index (Phi) is 4.18.